The second kappa shape index (κ2) is 5.58. The summed E-state index contributed by atoms with van der Waals surface area (Å²) in [5.41, 5.74) is 0.608. The van der Waals surface area contributed by atoms with E-state index in [-0.39, 0.29) is 11.6 Å². The lowest BCUT2D eigenvalue weighted by Crippen LogP contribution is -2.39. The maximum atomic E-state index is 13.4. The summed E-state index contributed by atoms with van der Waals surface area (Å²) in [6, 6.07) is 4.79. The van der Waals surface area contributed by atoms with E-state index in [4.69, 9.17) is 0 Å². The summed E-state index contributed by atoms with van der Waals surface area (Å²) < 4.78 is 54.9. The van der Waals surface area contributed by atoms with Crippen LogP contribution in [-0.4, -0.2) is 25.9 Å². The number of nitrogens with one attached hydrogen (secondary N) is 1. The zero-order chi connectivity index (χ0) is 16.6. The van der Waals surface area contributed by atoms with E-state index < -0.39 is 26.6 Å². The van der Waals surface area contributed by atoms with Crippen molar-refractivity contribution in [2.24, 2.45) is 4.40 Å². The molecular formula is C14H12F2N4O2S. The molecule has 0 unspecified atom stereocenters. The van der Waals surface area contributed by atoms with Crippen LogP contribution in [0.25, 0.3) is 0 Å². The number of rotatable bonds is 2. The van der Waals surface area contributed by atoms with Crippen molar-refractivity contribution in [2.45, 2.75) is 11.8 Å². The molecule has 0 atom stereocenters. The van der Waals surface area contributed by atoms with Crippen LogP contribution in [0.5, 0.6) is 0 Å². The molecule has 0 bridgehead atoms. The van der Waals surface area contributed by atoms with Crippen molar-refractivity contribution in [2.75, 3.05) is 16.8 Å². The van der Waals surface area contributed by atoms with Gasteiger partial charge in [0.2, 0.25) is 5.96 Å². The molecule has 0 fully saturated rings. The van der Waals surface area contributed by atoms with Gasteiger partial charge in [0.15, 0.2) is 11.6 Å². The Bertz CT molecular complexity index is 885. The monoisotopic (exact) mass is 338 g/mol. The summed E-state index contributed by atoms with van der Waals surface area (Å²) in [5.74, 6) is -2.37. The van der Waals surface area contributed by atoms with E-state index >= 15 is 0 Å². The Morgan fingerprint density at radius 2 is 1.83 bits per heavy atom. The summed E-state index contributed by atoms with van der Waals surface area (Å²) in [4.78, 5) is 5.09. The van der Waals surface area contributed by atoms with Gasteiger partial charge in [-0.1, -0.05) is 0 Å². The fraction of sp³-hybridized carbons (Fsp3) is 0.143. The third-order valence-electron chi connectivity index (χ3n) is 3.30. The van der Waals surface area contributed by atoms with Crippen molar-refractivity contribution in [1.82, 2.24) is 4.98 Å². The normalized spacial score (nSPS) is 15.3. The van der Waals surface area contributed by atoms with Crippen LogP contribution in [0.1, 0.15) is 6.92 Å². The van der Waals surface area contributed by atoms with Crippen LogP contribution in [0.15, 0.2) is 46.0 Å². The number of pyridine rings is 1. The molecule has 120 valence electrons. The molecule has 1 aliphatic rings. The van der Waals surface area contributed by atoms with Crippen LogP contribution in [0.4, 0.5) is 20.2 Å². The number of aromatic nitrogens is 1. The average Bonchev–Trinajstić information content (AvgIpc) is 2.51. The molecule has 0 spiro atoms. The van der Waals surface area contributed by atoms with Crippen molar-refractivity contribution < 1.29 is 17.2 Å². The summed E-state index contributed by atoms with van der Waals surface area (Å²) in [7, 11) is -4.13. The van der Waals surface area contributed by atoms with Gasteiger partial charge in [-0.05, 0) is 25.1 Å². The number of halogens is 2. The molecule has 0 radical (unpaired) electrons. The summed E-state index contributed by atoms with van der Waals surface area (Å²) in [6.45, 7) is 2.21. The van der Waals surface area contributed by atoms with Gasteiger partial charge in [-0.3, -0.25) is 4.98 Å². The Labute approximate surface area is 131 Å². The Kier molecular flexibility index (Phi) is 3.72. The summed E-state index contributed by atoms with van der Waals surface area (Å²) in [6.07, 6.45) is 3.11. The second-order valence-electron chi connectivity index (χ2n) is 4.73. The molecule has 9 heteroatoms. The number of sulfonamides is 1. The van der Waals surface area contributed by atoms with Crippen molar-refractivity contribution in [3.8, 4) is 0 Å². The first kappa shape index (κ1) is 15.3. The van der Waals surface area contributed by atoms with Gasteiger partial charge in [-0.2, -0.15) is 8.42 Å². The van der Waals surface area contributed by atoms with E-state index in [1.165, 1.54) is 0 Å². The van der Waals surface area contributed by atoms with E-state index in [9.17, 15) is 17.2 Å². The number of guanidine groups is 1. The minimum absolute atomic E-state index is 0.0113. The molecule has 2 aromatic rings. The van der Waals surface area contributed by atoms with Crippen LogP contribution in [-0.2, 0) is 10.0 Å². The highest BCUT2D eigenvalue weighted by atomic mass is 32.2. The Balaban J connectivity index is 2.09. The Morgan fingerprint density at radius 3 is 2.48 bits per heavy atom. The van der Waals surface area contributed by atoms with Crippen molar-refractivity contribution in [3.05, 3.63) is 48.3 Å². The SMILES string of the molecule is CCN(C1=NS(=O)(=O)c2cc(F)c(F)cc2N1)c1ccncc1. The van der Waals surface area contributed by atoms with Gasteiger partial charge in [0.05, 0.1) is 5.69 Å². The number of anilines is 2. The topological polar surface area (TPSA) is 74.7 Å². The molecule has 0 amide bonds. The molecular weight excluding hydrogens is 326 g/mol. The molecule has 6 nitrogen and oxygen atoms in total. The first-order valence-corrected chi connectivity index (χ1v) is 8.15. The van der Waals surface area contributed by atoms with Crippen molar-refractivity contribution in [3.63, 3.8) is 0 Å². The Hall–Kier alpha value is -2.55. The van der Waals surface area contributed by atoms with Gasteiger partial charge in [0, 0.05) is 30.7 Å². The lowest BCUT2D eigenvalue weighted by molar-refractivity contribution is 0.505. The van der Waals surface area contributed by atoms with Crippen LogP contribution in [0.2, 0.25) is 0 Å². The zero-order valence-electron chi connectivity index (χ0n) is 12.0. The summed E-state index contributed by atoms with van der Waals surface area (Å²) in [5, 5.41) is 2.74. The van der Waals surface area contributed by atoms with Crippen LogP contribution in [0, 0.1) is 11.6 Å². The van der Waals surface area contributed by atoms with Gasteiger partial charge in [-0.25, -0.2) is 8.78 Å². The van der Waals surface area contributed by atoms with E-state index in [2.05, 4.69) is 14.7 Å². The number of hydrogen-bond donors (Lipinski definition) is 1. The molecule has 1 N–H and O–H groups in total. The maximum absolute atomic E-state index is 13.4. The maximum Gasteiger partial charge on any atom is 0.287 e. The standard InChI is InChI=1S/C14H12F2N4O2S/c1-2-20(9-3-5-17-6-4-9)14-18-12-7-10(15)11(16)8-13(12)23(21,22)19-14/h3-8H,2H2,1H3,(H,18,19). The van der Waals surface area contributed by atoms with E-state index in [0.717, 1.165) is 6.07 Å². The van der Waals surface area contributed by atoms with E-state index in [1.54, 1.807) is 36.4 Å². The van der Waals surface area contributed by atoms with Gasteiger partial charge in [0.25, 0.3) is 10.0 Å². The fourth-order valence-electron chi connectivity index (χ4n) is 2.24. The molecule has 2 heterocycles. The molecule has 1 aromatic heterocycles. The number of hydrogen-bond acceptors (Lipinski definition) is 5. The predicted molar refractivity (Wildman–Crippen MR) is 81.9 cm³/mol. The molecule has 0 saturated carbocycles. The smallest absolute Gasteiger partial charge is 0.287 e. The molecule has 1 aliphatic heterocycles. The van der Waals surface area contributed by atoms with Crippen molar-refractivity contribution >= 4 is 27.4 Å². The van der Waals surface area contributed by atoms with Gasteiger partial charge in [0.1, 0.15) is 4.90 Å². The third kappa shape index (κ3) is 2.74. The van der Waals surface area contributed by atoms with Gasteiger partial charge in [-0.15, -0.1) is 4.40 Å². The molecule has 23 heavy (non-hydrogen) atoms. The quantitative estimate of drug-likeness (QED) is 0.910. The van der Waals surface area contributed by atoms with E-state index in [1.807, 2.05) is 0 Å². The molecule has 0 saturated heterocycles. The van der Waals surface area contributed by atoms with Crippen molar-refractivity contribution in [1.29, 1.82) is 0 Å². The number of nitrogens with zero attached hydrogens (tertiary/aromatic N) is 3. The van der Waals surface area contributed by atoms with E-state index in [0.29, 0.717) is 18.3 Å². The second-order valence-corrected chi connectivity index (χ2v) is 6.30. The molecule has 3 rings (SSSR count). The largest absolute Gasteiger partial charge is 0.324 e. The first-order chi connectivity index (χ1) is 10.9. The minimum atomic E-state index is -4.13. The van der Waals surface area contributed by atoms with Crippen LogP contribution in [0.3, 0.4) is 0 Å². The number of fused-ring (bicyclic) bond motifs is 1. The molecule has 0 aliphatic carbocycles. The highest BCUT2D eigenvalue weighted by Crippen LogP contribution is 2.30. The average molecular weight is 338 g/mol. The van der Waals surface area contributed by atoms with Gasteiger partial charge >= 0.3 is 0 Å². The third-order valence-corrected chi connectivity index (χ3v) is 4.61. The minimum Gasteiger partial charge on any atom is -0.324 e. The zero-order valence-corrected chi connectivity index (χ0v) is 12.8. The fourth-order valence-corrected chi connectivity index (χ4v) is 3.35. The highest BCUT2D eigenvalue weighted by Gasteiger charge is 2.29. The van der Waals surface area contributed by atoms with Gasteiger partial charge < -0.3 is 10.2 Å². The number of benzene rings is 1. The highest BCUT2D eigenvalue weighted by molar-refractivity contribution is 7.90. The van der Waals surface area contributed by atoms with Crippen LogP contribution < -0.4 is 10.2 Å². The summed E-state index contributed by atoms with van der Waals surface area (Å²) >= 11 is 0. The Morgan fingerprint density at radius 1 is 1.17 bits per heavy atom. The van der Waals surface area contributed by atoms with Crippen LogP contribution >= 0.6 is 0 Å². The first-order valence-electron chi connectivity index (χ1n) is 6.71. The lowest BCUT2D eigenvalue weighted by atomic mass is 10.3. The predicted octanol–water partition coefficient (Wildman–Crippen LogP) is 2.36. The lowest BCUT2D eigenvalue weighted by Gasteiger charge is -2.28. The molecule has 1 aromatic carbocycles.